The molecular weight excluding hydrogens is 299 g/mol. The molecule has 0 N–H and O–H groups in total. The molecule has 1 aliphatic heterocycles. The van der Waals surface area contributed by atoms with Gasteiger partial charge in [0.05, 0.1) is 5.69 Å². The summed E-state index contributed by atoms with van der Waals surface area (Å²) in [5.74, 6) is -0.459. The molecule has 1 amide bonds. The molecule has 126 valence electrons. The number of piperazine rings is 1. The Morgan fingerprint density at radius 3 is 2.26 bits per heavy atom. The van der Waals surface area contributed by atoms with E-state index in [4.69, 9.17) is 4.74 Å². The van der Waals surface area contributed by atoms with Crippen LogP contribution >= 0.6 is 0 Å². The lowest BCUT2D eigenvalue weighted by Gasteiger charge is -2.36. The van der Waals surface area contributed by atoms with Crippen molar-refractivity contribution in [3.8, 4) is 0 Å². The molecule has 1 saturated heterocycles. The summed E-state index contributed by atoms with van der Waals surface area (Å²) >= 11 is 0. The third-order valence-electron chi connectivity index (χ3n) is 3.62. The van der Waals surface area contributed by atoms with E-state index in [-0.39, 0.29) is 17.7 Å². The van der Waals surface area contributed by atoms with Crippen LogP contribution in [0.1, 0.15) is 38.1 Å². The molecule has 0 aliphatic carbocycles. The highest BCUT2D eigenvalue weighted by Crippen LogP contribution is 2.23. The van der Waals surface area contributed by atoms with E-state index < -0.39 is 5.60 Å². The molecule has 6 heteroatoms. The first kappa shape index (κ1) is 17.2. The van der Waals surface area contributed by atoms with Crippen LogP contribution in [0, 0.1) is 5.82 Å². The number of carbonyl (C=O) groups excluding carboxylic acids is 2. The van der Waals surface area contributed by atoms with Gasteiger partial charge in [-0.15, -0.1) is 0 Å². The number of Topliss-reactive ketones (excluding diaryl/α,β-unsaturated/α-hetero) is 1. The number of ketones is 1. The van der Waals surface area contributed by atoms with Crippen molar-refractivity contribution < 1.29 is 18.7 Å². The number of anilines is 1. The number of amides is 1. The van der Waals surface area contributed by atoms with Crippen molar-refractivity contribution >= 4 is 17.6 Å². The number of carbonyl (C=O) groups is 2. The molecule has 1 fully saturated rings. The minimum atomic E-state index is -0.532. The Balaban J connectivity index is 2.03. The lowest BCUT2D eigenvalue weighted by molar-refractivity contribution is 0.0240. The number of ether oxygens (including phenoxy) is 1. The van der Waals surface area contributed by atoms with Gasteiger partial charge in [0.25, 0.3) is 0 Å². The summed E-state index contributed by atoms with van der Waals surface area (Å²) in [5.41, 5.74) is 0.355. The summed E-state index contributed by atoms with van der Waals surface area (Å²) in [6.07, 6.45) is -0.352. The van der Waals surface area contributed by atoms with Gasteiger partial charge in [0.15, 0.2) is 5.78 Å². The SMILES string of the molecule is CC(=O)c1ccc(F)c(N2CCN(C(=O)OC(C)(C)C)CC2)c1. The van der Waals surface area contributed by atoms with Crippen LogP contribution in [0.2, 0.25) is 0 Å². The van der Waals surface area contributed by atoms with Crippen LogP contribution in [-0.4, -0.2) is 48.6 Å². The zero-order valence-electron chi connectivity index (χ0n) is 14.1. The summed E-state index contributed by atoms with van der Waals surface area (Å²) in [6, 6.07) is 4.37. The highest BCUT2D eigenvalue weighted by molar-refractivity contribution is 5.95. The van der Waals surface area contributed by atoms with E-state index in [1.165, 1.54) is 19.1 Å². The summed E-state index contributed by atoms with van der Waals surface area (Å²) in [7, 11) is 0. The predicted octanol–water partition coefficient (Wildman–Crippen LogP) is 3.09. The second kappa shape index (κ2) is 6.56. The van der Waals surface area contributed by atoms with Gasteiger partial charge in [-0.05, 0) is 45.9 Å². The van der Waals surface area contributed by atoms with Crippen LogP contribution in [0.15, 0.2) is 18.2 Å². The molecule has 23 heavy (non-hydrogen) atoms. The van der Waals surface area contributed by atoms with Crippen molar-refractivity contribution in [1.29, 1.82) is 0 Å². The summed E-state index contributed by atoms with van der Waals surface area (Å²) in [6.45, 7) is 8.83. The minimum Gasteiger partial charge on any atom is -0.444 e. The average molecular weight is 322 g/mol. The zero-order valence-corrected chi connectivity index (χ0v) is 14.1. The minimum absolute atomic E-state index is 0.0985. The molecule has 0 atom stereocenters. The van der Waals surface area contributed by atoms with Crippen molar-refractivity contribution in [2.24, 2.45) is 0 Å². The fourth-order valence-electron chi connectivity index (χ4n) is 2.43. The van der Waals surface area contributed by atoms with Gasteiger partial charge < -0.3 is 14.5 Å². The molecular formula is C17H23FN2O3. The molecule has 0 unspecified atom stereocenters. The molecule has 1 aromatic carbocycles. The largest absolute Gasteiger partial charge is 0.444 e. The molecule has 0 spiro atoms. The van der Waals surface area contributed by atoms with E-state index in [2.05, 4.69) is 0 Å². The second-order valence-electron chi connectivity index (χ2n) is 6.68. The van der Waals surface area contributed by atoms with Crippen molar-refractivity contribution in [3.05, 3.63) is 29.6 Å². The van der Waals surface area contributed by atoms with Gasteiger partial charge in [-0.2, -0.15) is 0 Å². The molecule has 1 aromatic rings. The molecule has 2 rings (SSSR count). The molecule has 1 heterocycles. The molecule has 0 aromatic heterocycles. The number of halogens is 1. The van der Waals surface area contributed by atoms with E-state index in [0.717, 1.165) is 0 Å². The Labute approximate surface area is 136 Å². The van der Waals surface area contributed by atoms with Gasteiger partial charge in [0.2, 0.25) is 0 Å². The van der Waals surface area contributed by atoms with Crippen LogP contribution in [0.5, 0.6) is 0 Å². The topological polar surface area (TPSA) is 49.9 Å². The number of hydrogen-bond donors (Lipinski definition) is 0. The Hall–Kier alpha value is -2.11. The quantitative estimate of drug-likeness (QED) is 0.785. The van der Waals surface area contributed by atoms with E-state index in [1.807, 2.05) is 25.7 Å². The number of rotatable bonds is 2. The van der Waals surface area contributed by atoms with Crippen molar-refractivity contribution in [1.82, 2.24) is 4.90 Å². The first-order chi connectivity index (χ1) is 10.7. The van der Waals surface area contributed by atoms with Crippen LogP contribution in [0.4, 0.5) is 14.9 Å². The molecule has 0 saturated carbocycles. The van der Waals surface area contributed by atoms with Crippen LogP contribution in [-0.2, 0) is 4.74 Å². The third kappa shape index (κ3) is 4.43. The second-order valence-corrected chi connectivity index (χ2v) is 6.68. The highest BCUT2D eigenvalue weighted by Gasteiger charge is 2.27. The Morgan fingerprint density at radius 2 is 1.74 bits per heavy atom. The van der Waals surface area contributed by atoms with E-state index in [0.29, 0.717) is 37.4 Å². The van der Waals surface area contributed by atoms with Gasteiger partial charge in [-0.3, -0.25) is 4.79 Å². The Bertz CT molecular complexity index is 602. The summed E-state index contributed by atoms with van der Waals surface area (Å²) < 4.78 is 19.4. The van der Waals surface area contributed by atoms with Crippen molar-refractivity contribution in [2.45, 2.75) is 33.3 Å². The predicted molar refractivity (Wildman–Crippen MR) is 86.4 cm³/mol. The fourth-order valence-corrected chi connectivity index (χ4v) is 2.43. The first-order valence-corrected chi connectivity index (χ1v) is 7.71. The number of benzene rings is 1. The smallest absolute Gasteiger partial charge is 0.410 e. The molecule has 5 nitrogen and oxygen atoms in total. The fraction of sp³-hybridized carbons (Fsp3) is 0.529. The summed E-state index contributed by atoms with van der Waals surface area (Å²) in [5, 5.41) is 0. The van der Waals surface area contributed by atoms with Gasteiger partial charge in [0.1, 0.15) is 11.4 Å². The van der Waals surface area contributed by atoms with Gasteiger partial charge >= 0.3 is 6.09 Å². The maximum Gasteiger partial charge on any atom is 0.410 e. The molecule has 0 bridgehead atoms. The lowest BCUT2D eigenvalue weighted by atomic mass is 10.1. The van der Waals surface area contributed by atoms with Gasteiger partial charge in [-0.1, -0.05) is 0 Å². The normalized spacial score (nSPS) is 15.5. The molecule has 1 aliphatic rings. The zero-order chi connectivity index (χ0) is 17.2. The van der Waals surface area contributed by atoms with Crippen molar-refractivity contribution in [2.75, 3.05) is 31.1 Å². The average Bonchev–Trinajstić information content (AvgIpc) is 2.46. The van der Waals surface area contributed by atoms with Gasteiger partial charge in [-0.25, -0.2) is 9.18 Å². The van der Waals surface area contributed by atoms with Crippen LogP contribution in [0.25, 0.3) is 0 Å². The maximum atomic E-state index is 14.0. The standard InChI is InChI=1S/C17H23FN2O3/c1-12(21)13-5-6-14(18)15(11-13)19-7-9-20(10-8-19)16(22)23-17(2,3)4/h5-6,11H,7-10H2,1-4H3. The monoisotopic (exact) mass is 322 g/mol. The number of hydrogen-bond acceptors (Lipinski definition) is 4. The Morgan fingerprint density at radius 1 is 1.13 bits per heavy atom. The van der Waals surface area contributed by atoms with Crippen molar-refractivity contribution in [3.63, 3.8) is 0 Å². The van der Waals surface area contributed by atoms with Gasteiger partial charge in [0, 0.05) is 31.7 Å². The van der Waals surface area contributed by atoms with Crippen LogP contribution in [0.3, 0.4) is 0 Å². The first-order valence-electron chi connectivity index (χ1n) is 7.71. The van der Waals surface area contributed by atoms with E-state index in [9.17, 15) is 14.0 Å². The van der Waals surface area contributed by atoms with E-state index in [1.54, 1.807) is 11.0 Å². The molecule has 0 radical (unpaired) electrons. The lowest BCUT2D eigenvalue weighted by Crippen LogP contribution is -2.50. The van der Waals surface area contributed by atoms with Crippen LogP contribution < -0.4 is 4.90 Å². The number of nitrogens with zero attached hydrogens (tertiary/aromatic N) is 2. The maximum absolute atomic E-state index is 14.0. The van der Waals surface area contributed by atoms with E-state index >= 15 is 0 Å². The summed E-state index contributed by atoms with van der Waals surface area (Å²) in [4.78, 5) is 27.0. The highest BCUT2D eigenvalue weighted by atomic mass is 19.1. The Kier molecular flexibility index (Phi) is 4.92. The third-order valence-corrected chi connectivity index (χ3v) is 3.62.